The average molecular weight is 339 g/mol. The predicted molar refractivity (Wildman–Crippen MR) is 97.9 cm³/mol. The van der Waals surface area contributed by atoms with Gasteiger partial charge in [0.25, 0.3) is 5.91 Å². The summed E-state index contributed by atoms with van der Waals surface area (Å²) in [7, 11) is 1.57. The molecule has 0 aromatic heterocycles. The van der Waals surface area contributed by atoms with E-state index in [2.05, 4.69) is 17.4 Å². The maximum atomic E-state index is 12.7. The number of rotatable bonds is 5. The number of ether oxygens (including phenoxy) is 1. The number of methoxy groups -OCH3 is 1. The molecule has 4 nitrogen and oxygen atoms in total. The lowest BCUT2D eigenvalue weighted by Crippen LogP contribution is -2.44. The van der Waals surface area contributed by atoms with Gasteiger partial charge in [-0.05, 0) is 43.4 Å². The summed E-state index contributed by atoms with van der Waals surface area (Å²) in [5.41, 5.74) is 1.64. The van der Waals surface area contributed by atoms with Gasteiger partial charge in [-0.3, -0.25) is 4.79 Å². The second-order valence-electron chi connectivity index (χ2n) is 6.76. The van der Waals surface area contributed by atoms with E-state index in [1.54, 1.807) is 19.2 Å². The predicted octanol–water partition coefficient (Wildman–Crippen LogP) is 3.30. The fraction of sp³-hybridized carbons (Fsp3) is 0.381. The van der Waals surface area contributed by atoms with Gasteiger partial charge in [0, 0.05) is 12.0 Å². The molecule has 4 heteroatoms. The van der Waals surface area contributed by atoms with Crippen molar-refractivity contribution in [2.45, 2.75) is 37.2 Å². The number of aliphatic hydroxyl groups excluding tert-OH is 1. The zero-order valence-corrected chi connectivity index (χ0v) is 14.6. The van der Waals surface area contributed by atoms with E-state index in [0.717, 1.165) is 25.7 Å². The van der Waals surface area contributed by atoms with Gasteiger partial charge in [0.1, 0.15) is 5.75 Å². The Hall–Kier alpha value is -2.33. The summed E-state index contributed by atoms with van der Waals surface area (Å²) in [5, 5.41) is 13.0. The minimum atomic E-state index is -0.234. The largest absolute Gasteiger partial charge is 0.496 e. The molecule has 0 unspecified atom stereocenters. The van der Waals surface area contributed by atoms with Gasteiger partial charge >= 0.3 is 0 Å². The Morgan fingerprint density at radius 2 is 1.76 bits per heavy atom. The molecule has 1 saturated carbocycles. The zero-order valence-electron chi connectivity index (χ0n) is 14.6. The highest BCUT2D eigenvalue weighted by Gasteiger charge is 2.36. The van der Waals surface area contributed by atoms with Crippen molar-refractivity contribution in [2.24, 2.45) is 0 Å². The van der Waals surface area contributed by atoms with Crippen LogP contribution >= 0.6 is 0 Å². The molecule has 2 aromatic rings. The van der Waals surface area contributed by atoms with Crippen molar-refractivity contribution in [3.05, 3.63) is 65.7 Å². The number of benzene rings is 2. The van der Waals surface area contributed by atoms with E-state index in [4.69, 9.17) is 4.74 Å². The number of carbonyl (C=O) groups excluding carboxylic acids is 1. The number of hydrogen-bond donors (Lipinski definition) is 2. The van der Waals surface area contributed by atoms with Crippen LogP contribution in [0.3, 0.4) is 0 Å². The molecule has 132 valence electrons. The third-order valence-corrected chi connectivity index (χ3v) is 5.24. The second kappa shape index (κ2) is 7.70. The Bertz CT molecular complexity index is 706. The molecule has 0 heterocycles. The highest BCUT2D eigenvalue weighted by atomic mass is 16.5. The van der Waals surface area contributed by atoms with Crippen molar-refractivity contribution < 1.29 is 14.6 Å². The van der Waals surface area contributed by atoms with E-state index in [9.17, 15) is 9.90 Å². The molecule has 0 aliphatic heterocycles. The first kappa shape index (κ1) is 17.5. The minimum absolute atomic E-state index is 0.126. The van der Waals surface area contributed by atoms with E-state index >= 15 is 0 Å². The first-order valence-corrected chi connectivity index (χ1v) is 8.79. The van der Waals surface area contributed by atoms with E-state index in [1.807, 2.05) is 30.3 Å². The van der Waals surface area contributed by atoms with Crippen molar-refractivity contribution in [3.8, 4) is 5.75 Å². The molecule has 1 amide bonds. The summed E-state index contributed by atoms with van der Waals surface area (Å²) in [6.07, 6.45) is 3.02. The Morgan fingerprint density at radius 3 is 2.44 bits per heavy atom. The molecule has 0 saturated heterocycles. The molecule has 0 spiro atoms. The third-order valence-electron chi connectivity index (χ3n) is 5.24. The van der Waals surface area contributed by atoms with Crippen molar-refractivity contribution in [1.82, 2.24) is 5.32 Å². The van der Waals surface area contributed by atoms with Gasteiger partial charge in [0.15, 0.2) is 0 Å². The van der Waals surface area contributed by atoms with Crippen LogP contribution in [0.25, 0.3) is 0 Å². The smallest absolute Gasteiger partial charge is 0.255 e. The number of para-hydroxylation sites is 1. The van der Waals surface area contributed by atoms with Crippen LogP contribution in [0, 0.1) is 0 Å². The normalized spacial score (nSPS) is 23.0. The molecule has 1 fully saturated rings. The van der Waals surface area contributed by atoms with Gasteiger partial charge in [-0.1, -0.05) is 42.5 Å². The number of carbonyl (C=O) groups is 1. The van der Waals surface area contributed by atoms with E-state index in [1.165, 1.54) is 5.56 Å². The van der Waals surface area contributed by atoms with Crippen LogP contribution in [0.15, 0.2) is 54.6 Å². The minimum Gasteiger partial charge on any atom is -0.496 e. The molecule has 3 rings (SSSR count). The Labute approximate surface area is 148 Å². The van der Waals surface area contributed by atoms with Gasteiger partial charge in [-0.25, -0.2) is 0 Å². The average Bonchev–Trinajstić information content (AvgIpc) is 2.68. The van der Waals surface area contributed by atoms with Gasteiger partial charge in [0.05, 0.1) is 18.8 Å². The molecule has 0 radical (unpaired) electrons. The SMILES string of the molecule is COc1ccccc1C(=O)NC[C@]1(c2ccccc2)CC[C@@H](O)CC1. The van der Waals surface area contributed by atoms with Crippen molar-refractivity contribution in [1.29, 1.82) is 0 Å². The molecule has 1 aliphatic rings. The Balaban J connectivity index is 1.78. The number of amides is 1. The lowest BCUT2D eigenvalue weighted by molar-refractivity contribution is 0.0850. The Kier molecular flexibility index (Phi) is 5.39. The van der Waals surface area contributed by atoms with Crippen molar-refractivity contribution in [3.63, 3.8) is 0 Å². The summed E-state index contributed by atoms with van der Waals surface area (Å²) < 4.78 is 5.29. The molecule has 0 bridgehead atoms. The van der Waals surface area contributed by atoms with E-state index in [0.29, 0.717) is 17.9 Å². The summed E-state index contributed by atoms with van der Waals surface area (Å²) in [6.45, 7) is 0.556. The summed E-state index contributed by atoms with van der Waals surface area (Å²) in [5.74, 6) is 0.451. The summed E-state index contributed by atoms with van der Waals surface area (Å²) >= 11 is 0. The lowest BCUT2D eigenvalue weighted by Gasteiger charge is -2.39. The van der Waals surface area contributed by atoms with Gasteiger partial charge in [-0.15, -0.1) is 0 Å². The van der Waals surface area contributed by atoms with Crippen LogP contribution in [0.5, 0.6) is 5.75 Å². The summed E-state index contributed by atoms with van der Waals surface area (Å²) in [4.78, 5) is 12.7. The standard InChI is InChI=1S/C21H25NO3/c1-25-19-10-6-5-9-18(19)20(24)22-15-21(13-11-17(23)12-14-21)16-7-3-2-4-8-16/h2-10,17,23H,11-15H2,1H3,(H,22,24)/t17-,21+. The van der Waals surface area contributed by atoms with Crippen molar-refractivity contribution in [2.75, 3.05) is 13.7 Å². The first-order valence-electron chi connectivity index (χ1n) is 8.79. The maximum Gasteiger partial charge on any atom is 0.255 e. The first-order chi connectivity index (χ1) is 12.1. The second-order valence-corrected chi connectivity index (χ2v) is 6.76. The van der Waals surface area contributed by atoms with Crippen molar-refractivity contribution >= 4 is 5.91 Å². The van der Waals surface area contributed by atoms with Crippen LogP contribution in [0.2, 0.25) is 0 Å². The summed E-state index contributed by atoms with van der Waals surface area (Å²) in [6, 6.07) is 17.5. The van der Waals surface area contributed by atoms with Crippen LogP contribution in [-0.4, -0.2) is 30.8 Å². The van der Waals surface area contributed by atoms with Gasteiger partial charge in [-0.2, -0.15) is 0 Å². The van der Waals surface area contributed by atoms with Crippen LogP contribution in [-0.2, 0) is 5.41 Å². The maximum absolute atomic E-state index is 12.7. The molecule has 0 atom stereocenters. The molecule has 25 heavy (non-hydrogen) atoms. The molecule has 2 N–H and O–H groups in total. The highest BCUT2D eigenvalue weighted by Crippen LogP contribution is 2.39. The quantitative estimate of drug-likeness (QED) is 0.879. The van der Waals surface area contributed by atoms with Gasteiger partial charge in [0.2, 0.25) is 0 Å². The lowest BCUT2D eigenvalue weighted by atomic mass is 9.68. The topological polar surface area (TPSA) is 58.6 Å². The number of nitrogens with one attached hydrogen (secondary N) is 1. The van der Waals surface area contributed by atoms with Gasteiger partial charge < -0.3 is 15.2 Å². The number of aliphatic hydroxyl groups is 1. The fourth-order valence-corrected chi connectivity index (χ4v) is 3.69. The molecule has 2 aromatic carbocycles. The monoisotopic (exact) mass is 339 g/mol. The molecule has 1 aliphatic carbocycles. The van der Waals surface area contributed by atoms with Crippen LogP contribution in [0.4, 0.5) is 0 Å². The fourth-order valence-electron chi connectivity index (χ4n) is 3.69. The number of hydrogen-bond acceptors (Lipinski definition) is 3. The van der Waals surface area contributed by atoms with Crippen LogP contribution < -0.4 is 10.1 Å². The Morgan fingerprint density at radius 1 is 1.12 bits per heavy atom. The van der Waals surface area contributed by atoms with Crippen LogP contribution in [0.1, 0.15) is 41.6 Å². The molecular formula is C21H25NO3. The highest BCUT2D eigenvalue weighted by molar-refractivity contribution is 5.96. The van der Waals surface area contributed by atoms with E-state index in [-0.39, 0.29) is 17.4 Å². The third kappa shape index (κ3) is 3.85. The molecular weight excluding hydrogens is 314 g/mol. The van der Waals surface area contributed by atoms with E-state index < -0.39 is 0 Å². The zero-order chi connectivity index (χ0) is 17.7.